The summed E-state index contributed by atoms with van der Waals surface area (Å²) in [6.45, 7) is 5.73. The number of thiophene rings is 1. The van der Waals surface area contributed by atoms with Gasteiger partial charge in [0.1, 0.15) is 5.75 Å². The van der Waals surface area contributed by atoms with Crippen molar-refractivity contribution in [3.8, 4) is 5.75 Å². The van der Waals surface area contributed by atoms with Crippen LogP contribution in [0, 0.1) is 0 Å². The highest BCUT2D eigenvalue weighted by atomic mass is 32.1. The van der Waals surface area contributed by atoms with E-state index in [-0.39, 0.29) is 5.78 Å². The predicted molar refractivity (Wildman–Crippen MR) is 94.5 cm³/mol. The second-order valence-electron chi connectivity index (χ2n) is 6.03. The molecule has 0 saturated carbocycles. The highest BCUT2D eigenvalue weighted by Crippen LogP contribution is 2.37. The standard InChI is InChI=1S/C19H23NO2S/c1-4-17-16-8-10-23-19(16)7-9-20(17)12-15-11-14(13(2)21)5-6-18(15)22-3/h5-6,8,10-11,17H,4,7,9,12H2,1-3H3/t17-/m0/s1. The lowest BCUT2D eigenvalue weighted by Crippen LogP contribution is -2.34. The second-order valence-corrected chi connectivity index (χ2v) is 7.03. The van der Waals surface area contributed by atoms with Crippen molar-refractivity contribution in [2.45, 2.75) is 39.3 Å². The van der Waals surface area contributed by atoms with E-state index in [0.29, 0.717) is 6.04 Å². The molecule has 1 aromatic heterocycles. The summed E-state index contributed by atoms with van der Waals surface area (Å²) in [5, 5.41) is 2.20. The molecule has 1 aliphatic heterocycles. The number of benzene rings is 1. The van der Waals surface area contributed by atoms with Crippen molar-refractivity contribution in [1.29, 1.82) is 0 Å². The Morgan fingerprint density at radius 3 is 2.91 bits per heavy atom. The summed E-state index contributed by atoms with van der Waals surface area (Å²) in [6, 6.07) is 8.46. The molecular weight excluding hydrogens is 306 g/mol. The molecule has 122 valence electrons. The summed E-state index contributed by atoms with van der Waals surface area (Å²) in [6.07, 6.45) is 2.21. The van der Waals surface area contributed by atoms with Crippen LogP contribution in [0.3, 0.4) is 0 Å². The normalized spacial score (nSPS) is 17.8. The van der Waals surface area contributed by atoms with E-state index in [1.165, 1.54) is 10.4 Å². The van der Waals surface area contributed by atoms with Crippen LogP contribution < -0.4 is 4.74 Å². The van der Waals surface area contributed by atoms with Crippen molar-refractivity contribution in [2.24, 2.45) is 0 Å². The average Bonchev–Trinajstić information content (AvgIpc) is 3.03. The number of methoxy groups -OCH3 is 1. The molecule has 0 spiro atoms. The van der Waals surface area contributed by atoms with Gasteiger partial charge >= 0.3 is 0 Å². The summed E-state index contributed by atoms with van der Waals surface area (Å²) in [4.78, 5) is 15.7. The van der Waals surface area contributed by atoms with Gasteiger partial charge in [-0.3, -0.25) is 9.69 Å². The van der Waals surface area contributed by atoms with E-state index in [0.717, 1.165) is 42.8 Å². The summed E-state index contributed by atoms with van der Waals surface area (Å²) in [5.41, 5.74) is 3.32. The van der Waals surface area contributed by atoms with E-state index in [1.807, 2.05) is 29.5 Å². The molecule has 1 aliphatic rings. The molecule has 0 fully saturated rings. The number of ketones is 1. The first kappa shape index (κ1) is 16.2. The SMILES string of the molecule is CC[C@H]1c2ccsc2CCN1Cc1cc(C(C)=O)ccc1OC. The van der Waals surface area contributed by atoms with E-state index < -0.39 is 0 Å². The molecule has 3 rings (SSSR count). The van der Waals surface area contributed by atoms with Gasteiger partial charge in [0.15, 0.2) is 5.78 Å². The monoisotopic (exact) mass is 329 g/mol. The maximum atomic E-state index is 11.7. The van der Waals surface area contributed by atoms with Crippen molar-refractivity contribution >= 4 is 17.1 Å². The molecule has 4 heteroatoms. The van der Waals surface area contributed by atoms with E-state index in [2.05, 4.69) is 23.3 Å². The lowest BCUT2D eigenvalue weighted by atomic mass is 9.96. The van der Waals surface area contributed by atoms with Gasteiger partial charge in [-0.15, -0.1) is 11.3 Å². The molecule has 3 nitrogen and oxygen atoms in total. The number of carbonyl (C=O) groups excluding carboxylic acids is 1. The summed E-state index contributed by atoms with van der Waals surface area (Å²) >= 11 is 1.87. The molecule has 0 bridgehead atoms. The zero-order chi connectivity index (χ0) is 16.4. The zero-order valence-corrected chi connectivity index (χ0v) is 14.8. The second kappa shape index (κ2) is 6.85. The highest BCUT2D eigenvalue weighted by Gasteiger charge is 2.27. The molecule has 23 heavy (non-hydrogen) atoms. The fourth-order valence-corrected chi connectivity index (χ4v) is 4.38. The van der Waals surface area contributed by atoms with Gasteiger partial charge in [-0.05, 0) is 55.0 Å². The van der Waals surface area contributed by atoms with Crippen molar-refractivity contribution in [1.82, 2.24) is 4.90 Å². The van der Waals surface area contributed by atoms with Crippen molar-refractivity contribution in [3.05, 3.63) is 51.2 Å². The fraction of sp³-hybridized carbons (Fsp3) is 0.421. The van der Waals surface area contributed by atoms with E-state index in [9.17, 15) is 4.79 Å². The molecule has 0 aliphatic carbocycles. The molecule has 0 saturated heterocycles. The Bertz CT molecular complexity index is 707. The first-order valence-corrected chi connectivity index (χ1v) is 9.00. The molecule has 0 amide bonds. The Hall–Kier alpha value is -1.65. The molecule has 1 aromatic carbocycles. The quantitative estimate of drug-likeness (QED) is 0.758. The van der Waals surface area contributed by atoms with Gasteiger partial charge in [-0.25, -0.2) is 0 Å². The third kappa shape index (κ3) is 3.19. The van der Waals surface area contributed by atoms with Gasteiger partial charge in [0.2, 0.25) is 0 Å². The van der Waals surface area contributed by atoms with Crippen molar-refractivity contribution in [2.75, 3.05) is 13.7 Å². The molecular formula is C19H23NO2S. The van der Waals surface area contributed by atoms with Gasteiger partial charge in [0, 0.05) is 35.1 Å². The molecule has 0 unspecified atom stereocenters. The van der Waals surface area contributed by atoms with Crippen molar-refractivity contribution in [3.63, 3.8) is 0 Å². The number of ether oxygens (including phenoxy) is 1. The smallest absolute Gasteiger partial charge is 0.159 e. The Morgan fingerprint density at radius 2 is 2.22 bits per heavy atom. The molecule has 0 radical (unpaired) electrons. The van der Waals surface area contributed by atoms with Crippen LogP contribution >= 0.6 is 11.3 Å². The highest BCUT2D eigenvalue weighted by molar-refractivity contribution is 7.10. The lowest BCUT2D eigenvalue weighted by molar-refractivity contribution is 0.101. The van der Waals surface area contributed by atoms with Crippen LogP contribution in [-0.4, -0.2) is 24.3 Å². The fourth-order valence-electron chi connectivity index (χ4n) is 3.46. The molecule has 2 aromatic rings. The van der Waals surface area contributed by atoms with Gasteiger partial charge in [-0.1, -0.05) is 6.92 Å². The third-order valence-corrected chi connectivity index (χ3v) is 5.65. The Labute approximate surface area is 141 Å². The van der Waals surface area contributed by atoms with Crippen molar-refractivity contribution < 1.29 is 9.53 Å². The maximum Gasteiger partial charge on any atom is 0.159 e. The number of rotatable bonds is 5. The lowest BCUT2D eigenvalue weighted by Gasteiger charge is -2.35. The molecule has 2 heterocycles. The minimum absolute atomic E-state index is 0.0970. The van der Waals surface area contributed by atoms with Gasteiger partial charge in [-0.2, -0.15) is 0 Å². The number of fused-ring (bicyclic) bond motifs is 1. The zero-order valence-electron chi connectivity index (χ0n) is 14.0. The van der Waals surface area contributed by atoms with Gasteiger partial charge < -0.3 is 4.74 Å². The first-order chi connectivity index (χ1) is 11.1. The van der Waals surface area contributed by atoms with Crippen LogP contribution in [0.5, 0.6) is 5.75 Å². The van der Waals surface area contributed by atoms with Gasteiger partial charge in [0.25, 0.3) is 0 Å². The van der Waals surface area contributed by atoms with Crippen LogP contribution in [0.1, 0.15) is 52.7 Å². The topological polar surface area (TPSA) is 29.5 Å². The van der Waals surface area contributed by atoms with Crippen LogP contribution in [0.2, 0.25) is 0 Å². The number of carbonyl (C=O) groups is 1. The number of nitrogens with zero attached hydrogens (tertiary/aromatic N) is 1. The van der Waals surface area contributed by atoms with Crippen LogP contribution in [0.25, 0.3) is 0 Å². The van der Waals surface area contributed by atoms with E-state index >= 15 is 0 Å². The third-order valence-electron chi connectivity index (χ3n) is 4.65. The summed E-state index contributed by atoms with van der Waals surface area (Å²) < 4.78 is 5.51. The number of hydrogen-bond donors (Lipinski definition) is 0. The number of Topliss-reactive ketones (excluding diaryl/α,β-unsaturated/α-hetero) is 1. The Kier molecular flexibility index (Phi) is 4.83. The first-order valence-electron chi connectivity index (χ1n) is 8.12. The molecule has 1 atom stereocenters. The van der Waals surface area contributed by atoms with E-state index in [1.54, 1.807) is 14.0 Å². The predicted octanol–water partition coefficient (Wildman–Crippen LogP) is 4.47. The Morgan fingerprint density at radius 1 is 1.39 bits per heavy atom. The summed E-state index contributed by atoms with van der Waals surface area (Å²) in [7, 11) is 1.69. The van der Waals surface area contributed by atoms with E-state index in [4.69, 9.17) is 4.74 Å². The largest absolute Gasteiger partial charge is 0.496 e. The van der Waals surface area contributed by atoms with Crippen LogP contribution in [0.4, 0.5) is 0 Å². The average molecular weight is 329 g/mol. The number of hydrogen-bond acceptors (Lipinski definition) is 4. The van der Waals surface area contributed by atoms with Crippen LogP contribution in [0.15, 0.2) is 29.6 Å². The minimum Gasteiger partial charge on any atom is -0.496 e. The van der Waals surface area contributed by atoms with Gasteiger partial charge in [0.05, 0.1) is 7.11 Å². The Balaban J connectivity index is 1.89. The van der Waals surface area contributed by atoms with Crippen LogP contribution in [-0.2, 0) is 13.0 Å². The minimum atomic E-state index is 0.0970. The molecule has 0 N–H and O–H groups in total. The summed E-state index contributed by atoms with van der Waals surface area (Å²) in [5.74, 6) is 0.959. The maximum absolute atomic E-state index is 11.7.